The van der Waals surface area contributed by atoms with E-state index in [2.05, 4.69) is 10.6 Å². The molecule has 0 aromatic carbocycles. The zero-order valence-electron chi connectivity index (χ0n) is 8.46. The van der Waals surface area contributed by atoms with E-state index in [0.717, 1.165) is 32.2 Å². The molecule has 1 atom stereocenters. The average Bonchev–Trinajstić information content (AvgIpc) is 2.29. The van der Waals surface area contributed by atoms with Crippen LogP contribution >= 0.6 is 0 Å². The second-order valence-corrected chi connectivity index (χ2v) is 4.47. The van der Waals surface area contributed by atoms with E-state index in [-0.39, 0.29) is 5.91 Å². The van der Waals surface area contributed by atoms with Crippen LogP contribution in [0.5, 0.6) is 0 Å². The fourth-order valence-corrected chi connectivity index (χ4v) is 2.22. The summed E-state index contributed by atoms with van der Waals surface area (Å²) in [7, 11) is 0. The van der Waals surface area contributed by atoms with Gasteiger partial charge in [0.25, 0.3) is 0 Å². The number of amides is 1. The maximum absolute atomic E-state index is 11.1. The Bertz CT molecular complexity index is 213. The van der Waals surface area contributed by atoms with Crippen molar-refractivity contribution in [2.24, 2.45) is 5.73 Å². The van der Waals surface area contributed by atoms with Gasteiger partial charge in [0.05, 0.1) is 0 Å². The van der Waals surface area contributed by atoms with Gasteiger partial charge in [0.2, 0.25) is 5.91 Å². The van der Waals surface area contributed by atoms with E-state index < -0.39 is 0 Å². The number of hydrogen-bond donors (Lipinski definition) is 3. The Morgan fingerprint density at radius 2 is 2.07 bits per heavy atom. The first-order valence-electron chi connectivity index (χ1n) is 5.52. The molecule has 4 heteroatoms. The molecular weight excluding hydrogens is 178 g/mol. The fraction of sp³-hybridized carbons (Fsp3) is 0.900. The summed E-state index contributed by atoms with van der Waals surface area (Å²) in [5.41, 5.74) is 5.72. The molecule has 1 amide bonds. The Morgan fingerprint density at radius 1 is 1.29 bits per heavy atom. The molecule has 2 rings (SSSR count). The van der Waals surface area contributed by atoms with Crippen molar-refractivity contribution in [1.29, 1.82) is 0 Å². The predicted octanol–water partition coefficient (Wildman–Crippen LogP) is -0.266. The highest BCUT2D eigenvalue weighted by Gasteiger charge is 2.28. The maximum atomic E-state index is 11.1. The molecule has 4 nitrogen and oxygen atoms in total. The Hall–Kier alpha value is -0.610. The van der Waals surface area contributed by atoms with Gasteiger partial charge in [0.15, 0.2) is 0 Å². The van der Waals surface area contributed by atoms with Gasteiger partial charge >= 0.3 is 0 Å². The summed E-state index contributed by atoms with van der Waals surface area (Å²) in [6.45, 7) is 0.815. The Balaban J connectivity index is 1.72. The number of nitrogens with one attached hydrogen (secondary N) is 2. The van der Waals surface area contributed by atoms with Gasteiger partial charge in [-0.3, -0.25) is 4.79 Å². The third-order valence-corrected chi connectivity index (χ3v) is 3.18. The Kier molecular flexibility index (Phi) is 3.03. The van der Waals surface area contributed by atoms with Gasteiger partial charge in [-0.2, -0.15) is 0 Å². The van der Waals surface area contributed by atoms with E-state index in [0.29, 0.717) is 24.5 Å². The van der Waals surface area contributed by atoms with Gasteiger partial charge < -0.3 is 16.4 Å². The van der Waals surface area contributed by atoms with Crippen molar-refractivity contribution in [3.05, 3.63) is 0 Å². The number of rotatable bonds is 2. The van der Waals surface area contributed by atoms with E-state index >= 15 is 0 Å². The molecule has 0 spiro atoms. The van der Waals surface area contributed by atoms with Gasteiger partial charge in [-0.05, 0) is 25.7 Å². The lowest BCUT2D eigenvalue weighted by molar-refractivity contribution is -0.120. The minimum Gasteiger partial charge on any atom is -0.356 e. The molecule has 4 N–H and O–H groups in total. The quantitative estimate of drug-likeness (QED) is 0.571. The first-order valence-corrected chi connectivity index (χ1v) is 5.52. The first-order chi connectivity index (χ1) is 6.74. The standard InChI is InChI=1S/C10H19N3O/c11-7-5-9(6-7)13-8-1-2-10(14)12-4-3-8/h7-9,13H,1-6,11H2,(H,12,14). The van der Waals surface area contributed by atoms with Crippen LogP contribution in [0.1, 0.15) is 32.1 Å². The molecule has 2 aliphatic rings. The van der Waals surface area contributed by atoms with Gasteiger partial charge in [-0.15, -0.1) is 0 Å². The lowest BCUT2D eigenvalue weighted by atomic mass is 9.86. The van der Waals surface area contributed by atoms with Gasteiger partial charge in [0.1, 0.15) is 0 Å². The van der Waals surface area contributed by atoms with Crippen molar-refractivity contribution >= 4 is 5.91 Å². The molecule has 1 unspecified atom stereocenters. The Labute approximate surface area is 84.6 Å². The van der Waals surface area contributed by atoms with Crippen molar-refractivity contribution in [2.45, 2.75) is 50.2 Å². The van der Waals surface area contributed by atoms with Gasteiger partial charge in [-0.1, -0.05) is 0 Å². The summed E-state index contributed by atoms with van der Waals surface area (Å²) in [6, 6.07) is 1.51. The van der Waals surface area contributed by atoms with Crippen LogP contribution in [-0.4, -0.2) is 30.6 Å². The van der Waals surface area contributed by atoms with Crippen molar-refractivity contribution < 1.29 is 4.79 Å². The molecule has 1 saturated heterocycles. The SMILES string of the molecule is NC1CC(NC2CCNC(=O)CC2)C1. The van der Waals surface area contributed by atoms with Crippen LogP contribution in [0, 0.1) is 0 Å². The first kappa shape index (κ1) is 9.93. The second-order valence-electron chi connectivity index (χ2n) is 4.47. The van der Waals surface area contributed by atoms with Crippen molar-refractivity contribution in [2.75, 3.05) is 6.54 Å². The van der Waals surface area contributed by atoms with E-state index in [1.807, 2.05) is 0 Å². The molecule has 1 aliphatic carbocycles. The van der Waals surface area contributed by atoms with E-state index in [9.17, 15) is 4.79 Å². The lowest BCUT2D eigenvalue weighted by Crippen LogP contribution is -2.51. The second kappa shape index (κ2) is 4.28. The smallest absolute Gasteiger partial charge is 0.220 e. The molecule has 0 radical (unpaired) electrons. The van der Waals surface area contributed by atoms with Crippen LogP contribution < -0.4 is 16.4 Å². The van der Waals surface area contributed by atoms with E-state index in [1.165, 1.54) is 0 Å². The molecule has 1 saturated carbocycles. The van der Waals surface area contributed by atoms with Crippen LogP contribution in [0.25, 0.3) is 0 Å². The summed E-state index contributed by atoms with van der Waals surface area (Å²) >= 11 is 0. The third-order valence-electron chi connectivity index (χ3n) is 3.18. The lowest BCUT2D eigenvalue weighted by Gasteiger charge is -2.36. The average molecular weight is 197 g/mol. The number of nitrogens with two attached hydrogens (primary N) is 1. The Morgan fingerprint density at radius 3 is 2.79 bits per heavy atom. The fourth-order valence-electron chi connectivity index (χ4n) is 2.22. The molecule has 0 bridgehead atoms. The van der Waals surface area contributed by atoms with Crippen LogP contribution in [0.3, 0.4) is 0 Å². The monoisotopic (exact) mass is 197 g/mol. The molecule has 80 valence electrons. The van der Waals surface area contributed by atoms with Crippen LogP contribution in [0.15, 0.2) is 0 Å². The highest BCUT2D eigenvalue weighted by molar-refractivity contribution is 5.76. The molecule has 1 aliphatic heterocycles. The molecule has 2 fully saturated rings. The number of hydrogen-bond acceptors (Lipinski definition) is 3. The van der Waals surface area contributed by atoms with E-state index in [4.69, 9.17) is 5.73 Å². The predicted molar refractivity (Wildman–Crippen MR) is 54.8 cm³/mol. The molecule has 1 heterocycles. The number of carbonyl (C=O) groups is 1. The zero-order valence-corrected chi connectivity index (χ0v) is 8.46. The summed E-state index contributed by atoms with van der Waals surface area (Å²) in [5.74, 6) is 0.194. The maximum Gasteiger partial charge on any atom is 0.220 e. The van der Waals surface area contributed by atoms with Crippen molar-refractivity contribution in [3.8, 4) is 0 Å². The summed E-state index contributed by atoms with van der Waals surface area (Å²) in [6.07, 6.45) is 4.88. The largest absolute Gasteiger partial charge is 0.356 e. The van der Waals surface area contributed by atoms with Gasteiger partial charge in [-0.25, -0.2) is 0 Å². The summed E-state index contributed by atoms with van der Waals surface area (Å²) in [5, 5.41) is 6.46. The zero-order chi connectivity index (χ0) is 9.97. The normalized spacial score (nSPS) is 38.4. The summed E-state index contributed by atoms with van der Waals surface area (Å²) in [4.78, 5) is 11.1. The topological polar surface area (TPSA) is 67.2 Å². The molecular formula is C10H19N3O. The van der Waals surface area contributed by atoms with Crippen LogP contribution in [0.2, 0.25) is 0 Å². The van der Waals surface area contributed by atoms with Crippen LogP contribution in [0.4, 0.5) is 0 Å². The van der Waals surface area contributed by atoms with Crippen molar-refractivity contribution in [1.82, 2.24) is 10.6 Å². The highest BCUT2D eigenvalue weighted by atomic mass is 16.1. The molecule has 0 aromatic heterocycles. The minimum absolute atomic E-state index is 0.194. The summed E-state index contributed by atoms with van der Waals surface area (Å²) < 4.78 is 0. The third kappa shape index (κ3) is 2.45. The minimum atomic E-state index is 0.194. The van der Waals surface area contributed by atoms with Crippen molar-refractivity contribution in [3.63, 3.8) is 0 Å². The van der Waals surface area contributed by atoms with E-state index in [1.54, 1.807) is 0 Å². The van der Waals surface area contributed by atoms with Gasteiger partial charge in [0, 0.05) is 31.1 Å². The number of carbonyl (C=O) groups excluding carboxylic acids is 1. The highest BCUT2D eigenvalue weighted by Crippen LogP contribution is 2.19. The molecule has 14 heavy (non-hydrogen) atoms. The molecule has 0 aromatic rings. The van der Waals surface area contributed by atoms with Crippen LogP contribution in [-0.2, 0) is 4.79 Å².